The number of halogens is 3. The highest BCUT2D eigenvalue weighted by molar-refractivity contribution is 8.18. The fraction of sp³-hybridized carbons (Fsp3) is 0. The molecule has 3 nitrogen and oxygen atoms in total. The van der Waals surface area contributed by atoms with Gasteiger partial charge in [0.1, 0.15) is 5.82 Å². The molecule has 3 rings (SSSR count). The number of benzene rings is 2. The molecular formula is C16H9Cl2FN2OS. The van der Waals surface area contributed by atoms with Crippen molar-refractivity contribution < 1.29 is 9.18 Å². The summed E-state index contributed by atoms with van der Waals surface area (Å²) in [6, 6.07) is 10.9. The van der Waals surface area contributed by atoms with Crippen molar-refractivity contribution in [3.05, 3.63) is 68.8 Å². The van der Waals surface area contributed by atoms with Crippen LogP contribution in [0.1, 0.15) is 5.56 Å². The Morgan fingerprint density at radius 1 is 1.17 bits per heavy atom. The quantitative estimate of drug-likeness (QED) is 0.757. The summed E-state index contributed by atoms with van der Waals surface area (Å²) < 4.78 is 13.2. The summed E-state index contributed by atoms with van der Waals surface area (Å²) in [6.07, 6.45) is 1.61. The maximum absolute atomic E-state index is 13.2. The zero-order valence-electron chi connectivity index (χ0n) is 11.5. The molecule has 1 fully saturated rings. The maximum Gasteiger partial charge on any atom is 0.264 e. The summed E-state index contributed by atoms with van der Waals surface area (Å²) in [6.45, 7) is 0. The second-order valence-electron chi connectivity index (χ2n) is 4.63. The molecule has 0 unspecified atom stereocenters. The number of amidine groups is 1. The van der Waals surface area contributed by atoms with Crippen LogP contribution < -0.4 is 5.32 Å². The van der Waals surface area contributed by atoms with Crippen LogP contribution in [0.2, 0.25) is 10.0 Å². The number of nitrogens with one attached hydrogen (secondary N) is 1. The van der Waals surface area contributed by atoms with E-state index in [-0.39, 0.29) is 11.7 Å². The van der Waals surface area contributed by atoms with Gasteiger partial charge in [0, 0.05) is 5.02 Å². The van der Waals surface area contributed by atoms with Crippen LogP contribution in [-0.2, 0) is 4.79 Å². The second kappa shape index (κ2) is 6.74. The highest BCUT2D eigenvalue weighted by atomic mass is 35.5. The smallest absolute Gasteiger partial charge is 0.264 e. The van der Waals surface area contributed by atoms with Crippen LogP contribution in [0.15, 0.2) is 52.4 Å². The van der Waals surface area contributed by atoms with Crippen LogP contribution in [0.4, 0.5) is 10.1 Å². The topological polar surface area (TPSA) is 41.5 Å². The Morgan fingerprint density at radius 3 is 2.74 bits per heavy atom. The first kappa shape index (κ1) is 16.1. The number of hydrogen-bond donors (Lipinski definition) is 1. The summed E-state index contributed by atoms with van der Waals surface area (Å²) >= 11 is 13.1. The number of rotatable bonds is 2. The van der Waals surface area contributed by atoms with E-state index in [4.69, 9.17) is 23.2 Å². The number of nitrogens with zero attached hydrogens (tertiary/aromatic N) is 1. The zero-order chi connectivity index (χ0) is 16.4. The van der Waals surface area contributed by atoms with Crippen molar-refractivity contribution in [3.63, 3.8) is 0 Å². The number of carbonyl (C=O) groups excluding carboxylic acids is 1. The van der Waals surface area contributed by atoms with Gasteiger partial charge in [-0.05, 0) is 53.7 Å². The van der Waals surface area contributed by atoms with E-state index in [2.05, 4.69) is 10.3 Å². The van der Waals surface area contributed by atoms with Gasteiger partial charge in [-0.1, -0.05) is 35.3 Å². The molecule has 0 spiro atoms. The average Bonchev–Trinajstić information content (AvgIpc) is 2.82. The van der Waals surface area contributed by atoms with Gasteiger partial charge in [0.05, 0.1) is 15.6 Å². The van der Waals surface area contributed by atoms with Gasteiger partial charge >= 0.3 is 0 Å². The Labute approximate surface area is 146 Å². The molecule has 116 valence electrons. The molecule has 0 radical (unpaired) electrons. The molecule has 1 saturated heterocycles. The van der Waals surface area contributed by atoms with Gasteiger partial charge in [-0.3, -0.25) is 4.79 Å². The monoisotopic (exact) mass is 366 g/mol. The predicted molar refractivity (Wildman–Crippen MR) is 93.7 cm³/mol. The Bertz CT molecular complexity index is 852. The lowest BCUT2D eigenvalue weighted by Crippen LogP contribution is -2.19. The van der Waals surface area contributed by atoms with Crippen LogP contribution in [0.3, 0.4) is 0 Å². The summed E-state index contributed by atoms with van der Waals surface area (Å²) in [5.41, 5.74) is 1.11. The van der Waals surface area contributed by atoms with Crippen molar-refractivity contribution in [2.45, 2.75) is 0 Å². The van der Waals surface area contributed by atoms with E-state index >= 15 is 0 Å². The van der Waals surface area contributed by atoms with E-state index in [1.807, 2.05) is 0 Å². The SMILES string of the molecule is O=C1NC(=Nc2ccc(Cl)cc2Cl)S/C1=C\c1cccc(F)c1. The molecule has 23 heavy (non-hydrogen) atoms. The summed E-state index contributed by atoms with van der Waals surface area (Å²) in [7, 11) is 0. The Hall–Kier alpha value is -1.82. The van der Waals surface area contributed by atoms with Crippen LogP contribution in [0.5, 0.6) is 0 Å². The number of thioether (sulfide) groups is 1. The Kier molecular flexibility index (Phi) is 4.71. The highest BCUT2D eigenvalue weighted by Crippen LogP contribution is 2.32. The normalized spacial score (nSPS) is 17.8. The average molecular weight is 367 g/mol. The van der Waals surface area contributed by atoms with Gasteiger partial charge in [-0.2, -0.15) is 0 Å². The molecule has 1 amide bonds. The van der Waals surface area contributed by atoms with Gasteiger partial charge in [0.15, 0.2) is 5.17 Å². The maximum atomic E-state index is 13.2. The molecule has 0 saturated carbocycles. The molecule has 1 aliphatic rings. The largest absolute Gasteiger partial charge is 0.300 e. The van der Waals surface area contributed by atoms with Gasteiger partial charge in [0.2, 0.25) is 0 Å². The van der Waals surface area contributed by atoms with Crippen molar-refractivity contribution >= 4 is 57.8 Å². The minimum absolute atomic E-state index is 0.289. The lowest BCUT2D eigenvalue weighted by Gasteiger charge is -1.99. The van der Waals surface area contributed by atoms with E-state index in [9.17, 15) is 9.18 Å². The number of carbonyl (C=O) groups is 1. The van der Waals surface area contributed by atoms with Gasteiger partial charge in [-0.15, -0.1) is 0 Å². The third-order valence-corrected chi connectivity index (χ3v) is 4.38. The summed E-state index contributed by atoms with van der Waals surface area (Å²) in [4.78, 5) is 16.7. The fourth-order valence-corrected chi connectivity index (χ4v) is 3.20. The van der Waals surface area contributed by atoms with E-state index < -0.39 is 0 Å². The Morgan fingerprint density at radius 2 is 2.00 bits per heavy atom. The first-order chi connectivity index (χ1) is 11.0. The zero-order valence-corrected chi connectivity index (χ0v) is 13.8. The first-order valence-corrected chi connectivity index (χ1v) is 8.09. The second-order valence-corrected chi connectivity index (χ2v) is 6.51. The third-order valence-electron chi connectivity index (χ3n) is 2.93. The third kappa shape index (κ3) is 3.93. The van der Waals surface area contributed by atoms with Crippen molar-refractivity contribution in [2.75, 3.05) is 0 Å². The lowest BCUT2D eigenvalue weighted by atomic mass is 10.2. The number of amides is 1. The molecule has 0 aromatic heterocycles. The van der Waals surface area contributed by atoms with E-state index in [1.54, 1.807) is 36.4 Å². The van der Waals surface area contributed by atoms with Gasteiger partial charge < -0.3 is 5.32 Å². The highest BCUT2D eigenvalue weighted by Gasteiger charge is 2.24. The molecule has 0 aliphatic carbocycles. The molecular weight excluding hydrogens is 358 g/mol. The molecule has 1 aliphatic heterocycles. The lowest BCUT2D eigenvalue weighted by molar-refractivity contribution is -0.115. The number of aliphatic imine (C=N–C) groups is 1. The van der Waals surface area contributed by atoms with E-state index in [1.165, 1.54) is 12.1 Å². The molecule has 7 heteroatoms. The van der Waals surface area contributed by atoms with Crippen molar-refractivity contribution in [1.29, 1.82) is 0 Å². The molecule has 1 N–H and O–H groups in total. The van der Waals surface area contributed by atoms with Gasteiger partial charge in [0.25, 0.3) is 5.91 Å². The van der Waals surface area contributed by atoms with Crippen molar-refractivity contribution in [1.82, 2.24) is 5.32 Å². The molecule has 0 atom stereocenters. The molecule has 2 aromatic rings. The molecule has 2 aromatic carbocycles. The number of hydrogen-bond acceptors (Lipinski definition) is 3. The van der Waals surface area contributed by atoms with E-state index in [0.29, 0.717) is 31.4 Å². The fourth-order valence-electron chi connectivity index (χ4n) is 1.91. The minimum atomic E-state index is -0.357. The summed E-state index contributed by atoms with van der Waals surface area (Å²) in [5, 5.41) is 3.95. The van der Waals surface area contributed by atoms with Crippen LogP contribution in [-0.4, -0.2) is 11.1 Å². The van der Waals surface area contributed by atoms with Crippen LogP contribution in [0.25, 0.3) is 6.08 Å². The van der Waals surface area contributed by atoms with Crippen LogP contribution in [0, 0.1) is 5.82 Å². The van der Waals surface area contributed by atoms with Crippen molar-refractivity contribution in [3.8, 4) is 0 Å². The molecule has 0 bridgehead atoms. The predicted octanol–water partition coefficient (Wildman–Crippen LogP) is 5.02. The minimum Gasteiger partial charge on any atom is -0.300 e. The van der Waals surface area contributed by atoms with Crippen molar-refractivity contribution in [2.24, 2.45) is 4.99 Å². The molecule has 1 heterocycles. The first-order valence-electron chi connectivity index (χ1n) is 6.51. The van der Waals surface area contributed by atoms with Crippen LogP contribution >= 0.6 is 35.0 Å². The Balaban J connectivity index is 1.86. The van der Waals surface area contributed by atoms with E-state index in [0.717, 1.165) is 11.8 Å². The standard InChI is InChI=1S/C16H9Cl2FN2OS/c17-10-4-5-13(12(18)8-10)20-16-21-15(22)14(23-16)7-9-2-1-3-11(19)6-9/h1-8H,(H,20,21,22)/b14-7-. The summed E-state index contributed by atoms with van der Waals surface area (Å²) in [5.74, 6) is -0.646. The van der Waals surface area contributed by atoms with Gasteiger partial charge in [-0.25, -0.2) is 9.38 Å².